The third-order valence-electron chi connectivity index (χ3n) is 6.54. The van der Waals surface area contributed by atoms with Gasteiger partial charge in [0.05, 0.1) is 33.2 Å². The quantitative estimate of drug-likeness (QED) is 0.225. The Bertz CT molecular complexity index is 1500. The maximum atomic E-state index is 9.63. The lowest BCUT2D eigenvalue weighted by Gasteiger charge is -2.21. The van der Waals surface area contributed by atoms with E-state index in [1.807, 2.05) is 59.2 Å². The Balaban J connectivity index is 1.53. The molecule has 3 N–H and O–H groups in total. The Labute approximate surface area is 227 Å². The summed E-state index contributed by atoms with van der Waals surface area (Å²) >= 11 is 0. The number of ether oxygens (including phenoxy) is 1. The minimum absolute atomic E-state index is 0.0836. The highest BCUT2D eigenvalue weighted by molar-refractivity contribution is 5.84. The molecule has 0 radical (unpaired) electrons. The van der Waals surface area contributed by atoms with E-state index in [0.29, 0.717) is 49.1 Å². The predicted molar refractivity (Wildman–Crippen MR) is 153 cm³/mol. The molecule has 0 aliphatic carbocycles. The molecule has 0 spiro atoms. The highest BCUT2D eigenvalue weighted by Gasteiger charge is 2.18. The number of fused-ring (bicyclic) bond motifs is 1. The Morgan fingerprint density at radius 2 is 1.59 bits per heavy atom. The third-order valence-corrected chi connectivity index (χ3v) is 6.54. The van der Waals surface area contributed by atoms with Crippen molar-refractivity contribution in [2.24, 2.45) is 0 Å². The van der Waals surface area contributed by atoms with E-state index in [4.69, 9.17) is 14.7 Å². The molecule has 39 heavy (non-hydrogen) atoms. The summed E-state index contributed by atoms with van der Waals surface area (Å²) in [7, 11) is 1.64. The fraction of sp³-hybridized carbons (Fsp3) is 0.233. The fourth-order valence-corrected chi connectivity index (χ4v) is 4.54. The first kappa shape index (κ1) is 26.1. The molecule has 0 unspecified atom stereocenters. The fourth-order valence-electron chi connectivity index (χ4n) is 4.54. The van der Waals surface area contributed by atoms with Crippen molar-refractivity contribution in [3.63, 3.8) is 0 Å². The van der Waals surface area contributed by atoms with E-state index in [1.54, 1.807) is 18.3 Å². The highest BCUT2D eigenvalue weighted by Crippen LogP contribution is 2.27. The number of anilines is 2. The number of nitrogens with one attached hydrogen (secondary N) is 1. The maximum absolute atomic E-state index is 9.63. The number of rotatable bonds is 12. The zero-order chi connectivity index (χ0) is 27.0. The van der Waals surface area contributed by atoms with Crippen molar-refractivity contribution >= 4 is 22.9 Å². The summed E-state index contributed by atoms with van der Waals surface area (Å²) in [5, 5.41) is 22.7. The van der Waals surface area contributed by atoms with Gasteiger partial charge in [-0.1, -0.05) is 66.7 Å². The number of aliphatic hydroxyl groups excluding tert-OH is 2. The molecular formula is C30H32N6O3. The molecule has 5 aromatic rings. The number of aromatic nitrogens is 4. The van der Waals surface area contributed by atoms with Crippen LogP contribution in [0, 0.1) is 0 Å². The predicted octanol–water partition coefficient (Wildman–Crippen LogP) is 3.95. The highest BCUT2D eigenvalue weighted by atomic mass is 16.5. The molecule has 3 aromatic carbocycles. The largest absolute Gasteiger partial charge is 0.497 e. The molecule has 0 amide bonds. The molecule has 0 aliphatic rings. The van der Waals surface area contributed by atoms with Crippen molar-refractivity contribution in [3.05, 3.63) is 96.3 Å². The lowest BCUT2D eigenvalue weighted by molar-refractivity contribution is 0.280. The van der Waals surface area contributed by atoms with Crippen LogP contribution in [-0.4, -0.2) is 63.1 Å². The van der Waals surface area contributed by atoms with Crippen molar-refractivity contribution < 1.29 is 14.9 Å². The van der Waals surface area contributed by atoms with Crippen LogP contribution in [0.2, 0.25) is 0 Å². The van der Waals surface area contributed by atoms with Gasteiger partial charge in [-0.25, -0.2) is 4.98 Å². The first-order valence-corrected chi connectivity index (χ1v) is 12.9. The lowest BCUT2D eigenvalue weighted by Crippen LogP contribution is -2.31. The summed E-state index contributed by atoms with van der Waals surface area (Å²) in [6, 6.07) is 26.4. The van der Waals surface area contributed by atoms with Gasteiger partial charge in [0.15, 0.2) is 17.0 Å². The summed E-state index contributed by atoms with van der Waals surface area (Å²) in [6.07, 6.45) is 1.78. The lowest BCUT2D eigenvalue weighted by atomic mass is 10.00. The molecule has 9 heteroatoms. The van der Waals surface area contributed by atoms with E-state index >= 15 is 0 Å². The van der Waals surface area contributed by atoms with Gasteiger partial charge in [-0.2, -0.15) is 9.97 Å². The molecule has 0 atom stereocenters. The molecule has 0 saturated heterocycles. The Hall–Kier alpha value is -4.47. The summed E-state index contributed by atoms with van der Waals surface area (Å²) in [4.78, 5) is 16.1. The average molecular weight is 525 g/mol. The molecule has 2 heterocycles. The van der Waals surface area contributed by atoms with E-state index in [1.165, 1.54) is 0 Å². The zero-order valence-corrected chi connectivity index (χ0v) is 21.9. The van der Waals surface area contributed by atoms with Crippen molar-refractivity contribution in [2.75, 3.05) is 43.6 Å². The van der Waals surface area contributed by atoms with E-state index in [2.05, 4.69) is 34.6 Å². The number of hydrogen-bond acceptors (Lipinski definition) is 8. The second-order valence-electron chi connectivity index (χ2n) is 9.08. The monoisotopic (exact) mass is 524 g/mol. The first-order chi connectivity index (χ1) is 19.2. The standard InChI is InChI=1S/C30H32N6O3/c1-39-25-13-11-22(12-14-25)19-31-28-27-29(34-30(33-28)35(15-17-37)16-18-38)36(21-32-27)20-24-9-5-6-10-26(24)23-7-3-2-4-8-23/h2-14,21,37-38H,15-20H2,1H3,(H,31,33,34). The van der Waals surface area contributed by atoms with Gasteiger partial charge in [-0.15, -0.1) is 0 Å². The molecule has 0 bridgehead atoms. The van der Waals surface area contributed by atoms with Gasteiger partial charge in [0, 0.05) is 19.6 Å². The van der Waals surface area contributed by atoms with Gasteiger partial charge in [0.25, 0.3) is 0 Å². The topological polar surface area (TPSA) is 109 Å². The SMILES string of the molecule is COc1ccc(CNc2nc(N(CCO)CCO)nc3c2ncn3Cc2ccccc2-c2ccccc2)cc1. The van der Waals surface area contributed by atoms with Crippen molar-refractivity contribution in [3.8, 4) is 16.9 Å². The van der Waals surface area contributed by atoms with Crippen molar-refractivity contribution in [1.82, 2.24) is 19.5 Å². The molecule has 0 fully saturated rings. The number of benzene rings is 3. The van der Waals surface area contributed by atoms with Crippen LogP contribution in [0.25, 0.3) is 22.3 Å². The Morgan fingerprint density at radius 3 is 2.31 bits per heavy atom. The van der Waals surface area contributed by atoms with Gasteiger partial charge >= 0.3 is 0 Å². The normalized spacial score (nSPS) is 11.1. The third kappa shape index (κ3) is 6.00. The number of hydrogen-bond donors (Lipinski definition) is 3. The number of nitrogens with zero attached hydrogens (tertiary/aromatic N) is 5. The van der Waals surface area contributed by atoms with Gasteiger partial charge in [-0.05, 0) is 34.4 Å². The number of methoxy groups -OCH3 is 1. The van der Waals surface area contributed by atoms with Gasteiger partial charge in [-0.3, -0.25) is 0 Å². The smallest absolute Gasteiger partial charge is 0.229 e. The van der Waals surface area contributed by atoms with Crippen LogP contribution in [-0.2, 0) is 13.1 Å². The molecule has 9 nitrogen and oxygen atoms in total. The van der Waals surface area contributed by atoms with Crippen LogP contribution in [0.3, 0.4) is 0 Å². The average Bonchev–Trinajstić information content (AvgIpc) is 3.39. The van der Waals surface area contributed by atoms with Crippen LogP contribution >= 0.6 is 0 Å². The van der Waals surface area contributed by atoms with Gasteiger partial charge in [0.1, 0.15) is 5.75 Å². The van der Waals surface area contributed by atoms with Crippen LogP contribution in [0.4, 0.5) is 11.8 Å². The summed E-state index contributed by atoms with van der Waals surface area (Å²) < 4.78 is 7.28. The van der Waals surface area contributed by atoms with Gasteiger partial charge < -0.3 is 29.7 Å². The van der Waals surface area contributed by atoms with E-state index in [-0.39, 0.29) is 13.2 Å². The molecular weight excluding hydrogens is 492 g/mol. The number of imidazole rings is 1. The van der Waals surface area contributed by atoms with Crippen LogP contribution in [0.1, 0.15) is 11.1 Å². The first-order valence-electron chi connectivity index (χ1n) is 12.9. The minimum Gasteiger partial charge on any atom is -0.497 e. The molecule has 0 saturated carbocycles. The maximum Gasteiger partial charge on any atom is 0.229 e. The zero-order valence-electron chi connectivity index (χ0n) is 21.9. The second-order valence-corrected chi connectivity index (χ2v) is 9.08. The Morgan fingerprint density at radius 1 is 0.872 bits per heavy atom. The summed E-state index contributed by atoms with van der Waals surface area (Å²) in [6.45, 7) is 1.53. The molecule has 5 rings (SSSR count). The molecule has 2 aromatic heterocycles. The van der Waals surface area contributed by atoms with Crippen molar-refractivity contribution in [2.45, 2.75) is 13.1 Å². The molecule has 0 aliphatic heterocycles. The Kier molecular flexibility index (Phi) is 8.30. The van der Waals surface area contributed by atoms with Crippen LogP contribution in [0.5, 0.6) is 5.75 Å². The minimum atomic E-state index is -0.0836. The van der Waals surface area contributed by atoms with Crippen molar-refractivity contribution in [1.29, 1.82) is 0 Å². The van der Waals surface area contributed by atoms with Gasteiger partial charge in [0.2, 0.25) is 5.95 Å². The number of aliphatic hydroxyl groups is 2. The van der Waals surface area contributed by atoms with E-state index < -0.39 is 0 Å². The van der Waals surface area contributed by atoms with Crippen LogP contribution in [0.15, 0.2) is 85.2 Å². The van der Waals surface area contributed by atoms with E-state index in [0.717, 1.165) is 28.0 Å². The molecule has 200 valence electrons. The van der Waals surface area contributed by atoms with Crippen LogP contribution < -0.4 is 15.0 Å². The van der Waals surface area contributed by atoms with E-state index in [9.17, 15) is 10.2 Å². The summed E-state index contributed by atoms with van der Waals surface area (Å²) in [5.41, 5.74) is 5.81. The second kappa shape index (κ2) is 12.4. The summed E-state index contributed by atoms with van der Waals surface area (Å²) in [5.74, 6) is 1.80.